The third kappa shape index (κ3) is 1.37. The van der Waals surface area contributed by atoms with Crippen molar-refractivity contribution >= 4 is 27.0 Å². The van der Waals surface area contributed by atoms with Crippen LogP contribution >= 0.6 is 15.9 Å². The molecular weight excluding hydrogens is 246 g/mol. The lowest BCUT2D eigenvalue weighted by atomic mass is 10.3. The first kappa shape index (κ1) is 9.45. The topological polar surface area (TPSA) is 50.7 Å². The van der Waals surface area contributed by atoms with Crippen molar-refractivity contribution in [3.05, 3.63) is 27.4 Å². The maximum Gasteiger partial charge on any atom is 0.326 e. The Balaban J connectivity index is 2.84. The van der Waals surface area contributed by atoms with Gasteiger partial charge in [-0.3, -0.25) is 4.57 Å². The number of H-pyrrole nitrogens is 1. The highest BCUT2D eigenvalue weighted by Crippen LogP contribution is 2.16. The smallest absolute Gasteiger partial charge is 0.305 e. The third-order valence-electron chi connectivity index (χ3n) is 2.09. The van der Waals surface area contributed by atoms with E-state index in [0.717, 1.165) is 15.6 Å². The number of aromatic amines is 1. The number of hydrogen-bond acceptors (Lipinski definition) is 2. The molecule has 14 heavy (non-hydrogen) atoms. The number of imidazole rings is 1. The van der Waals surface area contributed by atoms with E-state index in [1.165, 1.54) is 0 Å². The number of nitrogens with zero attached hydrogens (tertiary/aromatic N) is 2. The number of rotatable bonds is 1. The second kappa shape index (κ2) is 3.24. The first-order chi connectivity index (χ1) is 6.59. The molecule has 1 N–H and O–H groups in total. The van der Waals surface area contributed by atoms with Crippen molar-refractivity contribution in [1.82, 2.24) is 14.5 Å². The summed E-state index contributed by atoms with van der Waals surface area (Å²) in [5.74, 6) is 0. The Morgan fingerprint density at radius 1 is 1.57 bits per heavy atom. The fraction of sp³-hybridized carbons (Fsp3) is 0.333. The predicted octanol–water partition coefficient (Wildman–Crippen LogP) is 2.07. The van der Waals surface area contributed by atoms with Gasteiger partial charge in [0.1, 0.15) is 4.60 Å². The largest absolute Gasteiger partial charge is 0.326 e. The Labute approximate surface area is 89.1 Å². The van der Waals surface area contributed by atoms with E-state index < -0.39 is 0 Å². The van der Waals surface area contributed by atoms with Gasteiger partial charge in [0.25, 0.3) is 0 Å². The molecule has 2 rings (SSSR count). The Kier molecular flexibility index (Phi) is 2.19. The summed E-state index contributed by atoms with van der Waals surface area (Å²) in [5, 5.41) is 0. The number of halogens is 1. The SMILES string of the molecule is CC(C)n1c(=O)[nH]c2cc(Br)ncc21. The molecule has 0 bridgehead atoms. The second-order valence-electron chi connectivity index (χ2n) is 3.42. The van der Waals surface area contributed by atoms with Gasteiger partial charge < -0.3 is 4.98 Å². The molecular formula is C9H10BrN3O. The molecule has 0 saturated heterocycles. The summed E-state index contributed by atoms with van der Waals surface area (Å²) in [6, 6.07) is 1.94. The van der Waals surface area contributed by atoms with Crippen molar-refractivity contribution in [2.24, 2.45) is 0 Å². The van der Waals surface area contributed by atoms with E-state index in [1.54, 1.807) is 16.8 Å². The summed E-state index contributed by atoms with van der Waals surface area (Å²) < 4.78 is 2.41. The molecule has 0 amide bonds. The molecule has 0 fully saturated rings. The monoisotopic (exact) mass is 255 g/mol. The zero-order valence-corrected chi connectivity index (χ0v) is 9.50. The predicted molar refractivity (Wildman–Crippen MR) is 58.4 cm³/mol. The zero-order valence-electron chi connectivity index (χ0n) is 7.91. The number of nitrogens with one attached hydrogen (secondary N) is 1. The average Bonchev–Trinajstić information content (AvgIpc) is 2.39. The molecule has 2 heterocycles. The van der Waals surface area contributed by atoms with Gasteiger partial charge >= 0.3 is 5.69 Å². The molecule has 0 aromatic carbocycles. The first-order valence-electron chi connectivity index (χ1n) is 4.35. The molecule has 0 aliphatic rings. The molecule has 74 valence electrons. The Morgan fingerprint density at radius 3 is 2.93 bits per heavy atom. The van der Waals surface area contributed by atoms with Crippen LogP contribution in [-0.2, 0) is 0 Å². The summed E-state index contributed by atoms with van der Waals surface area (Å²) in [4.78, 5) is 18.4. The molecule has 0 aliphatic carbocycles. The van der Waals surface area contributed by atoms with Crippen LogP contribution in [0.25, 0.3) is 11.0 Å². The van der Waals surface area contributed by atoms with Crippen LogP contribution in [-0.4, -0.2) is 14.5 Å². The van der Waals surface area contributed by atoms with E-state index in [-0.39, 0.29) is 11.7 Å². The minimum atomic E-state index is -0.0881. The quantitative estimate of drug-likeness (QED) is 0.794. The number of fused-ring (bicyclic) bond motifs is 1. The van der Waals surface area contributed by atoms with Crippen LogP contribution in [0.1, 0.15) is 19.9 Å². The van der Waals surface area contributed by atoms with E-state index in [9.17, 15) is 4.79 Å². The molecule has 5 heteroatoms. The van der Waals surface area contributed by atoms with Crippen LogP contribution in [0, 0.1) is 0 Å². The third-order valence-corrected chi connectivity index (χ3v) is 2.52. The van der Waals surface area contributed by atoms with Gasteiger partial charge in [-0.2, -0.15) is 0 Å². The lowest BCUT2D eigenvalue weighted by Crippen LogP contribution is -2.18. The van der Waals surface area contributed by atoms with Gasteiger partial charge in [0.15, 0.2) is 0 Å². The summed E-state index contributed by atoms with van der Waals surface area (Å²) in [6.45, 7) is 3.94. The maximum atomic E-state index is 11.6. The van der Waals surface area contributed by atoms with Crippen molar-refractivity contribution in [3.8, 4) is 0 Å². The Morgan fingerprint density at radius 2 is 2.29 bits per heavy atom. The molecule has 0 aliphatic heterocycles. The van der Waals surface area contributed by atoms with Crippen molar-refractivity contribution < 1.29 is 0 Å². The van der Waals surface area contributed by atoms with Gasteiger partial charge in [-0.15, -0.1) is 0 Å². The second-order valence-corrected chi connectivity index (χ2v) is 4.23. The minimum absolute atomic E-state index is 0.0881. The van der Waals surface area contributed by atoms with Crippen LogP contribution in [0.15, 0.2) is 21.7 Å². The van der Waals surface area contributed by atoms with Gasteiger partial charge in [-0.1, -0.05) is 0 Å². The fourth-order valence-corrected chi connectivity index (χ4v) is 1.84. The molecule has 2 aromatic heterocycles. The molecule has 0 radical (unpaired) electrons. The van der Waals surface area contributed by atoms with Gasteiger partial charge in [0, 0.05) is 6.04 Å². The van der Waals surface area contributed by atoms with Crippen molar-refractivity contribution in [1.29, 1.82) is 0 Å². The average molecular weight is 256 g/mol. The van der Waals surface area contributed by atoms with Crippen molar-refractivity contribution in [2.45, 2.75) is 19.9 Å². The van der Waals surface area contributed by atoms with Gasteiger partial charge in [0.05, 0.1) is 17.2 Å². The maximum absolute atomic E-state index is 11.6. The van der Waals surface area contributed by atoms with Crippen LogP contribution < -0.4 is 5.69 Å². The van der Waals surface area contributed by atoms with Crippen molar-refractivity contribution in [2.75, 3.05) is 0 Å². The van der Waals surface area contributed by atoms with Gasteiger partial charge in [0.2, 0.25) is 0 Å². The molecule has 0 saturated carbocycles. The molecule has 4 nitrogen and oxygen atoms in total. The minimum Gasteiger partial charge on any atom is -0.305 e. The van der Waals surface area contributed by atoms with E-state index >= 15 is 0 Å². The van der Waals surface area contributed by atoms with Crippen LogP contribution in [0.2, 0.25) is 0 Å². The Bertz CT molecular complexity index is 526. The normalized spacial score (nSPS) is 11.4. The van der Waals surface area contributed by atoms with E-state index in [0.29, 0.717) is 0 Å². The number of hydrogen-bond donors (Lipinski definition) is 1. The molecule has 0 unspecified atom stereocenters. The highest BCUT2D eigenvalue weighted by Gasteiger charge is 2.09. The van der Waals surface area contributed by atoms with Gasteiger partial charge in [-0.25, -0.2) is 9.78 Å². The summed E-state index contributed by atoms with van der Waals surface area (Å²) in [6.07, 6.45) is 1.69. The highest BCUT2D eigenvalue weighted by atomic mass is 79.9. The first-order valence-corrected chi connectivity index (χ1v) is 5.14. The summed E-state index contributed by atoms with van der Waals surface area (Å²) in [5.41, 5.74) is 1.56. The number of pyridine rings is 1. The van der Waals surface area contributed by atoms with Crippen molar-refractivity contribution in [3.63, 3.8) is 0 Å². The van der Waals surface area contributed by atoms with Crippen LogP contribution in [0.5, 0.6) is 0 Å². The zero-order chi connectivity index (χ0) is 10.3. The lowest BCUT2D eigenvalue weighted by Gasteiger charge is -2.05. The highest BCUT2D eigenvalue weighted by molar-refractivity contribution is 9.10. The fourth-order valence-electron chi connectivity index (χ4n) is 1.51. The molecule has 0 atom stereocenters. The van der Waals surface area contributed by atoms with E-state index in [4.69, 9.17) is 0 Å². The van der Waals surface area contributed by atoms with Gasteiger partial charge in [-0.05, 0) is 35.8 Å². The Hall–Kier alpha value is -1.10. The summed E-state index contributed by atoms with van der Waals surface area (Å²) in [7, 11) is 0. The van der Waals surface area contributed by atoms with Crippen LogP contribution in [0.4, 0.5) is 0 Å². The molecule has 0 spiro atoms. The van der Waals surface area contributed by atoms with E-state index in [1.807, 2.05) is 13.8 Å². The lowest BCUT2D eigenvalue weighted by molar-refractivity contribution is 0.597. The number of aromatic nitrogens is 3. The van der Waals surface area contributed by atoms with Crippen LogP contribution in [0.3, 0.4) is 0 Å². The van der Waals surface area contributed by atoms with E-state index in [2.05, 4.69) is 25.9 Å². The molecule has 2 aromatic rings. The summed E-state index contributed by atoms with van der Waals surface area (Å²) >= 11 is 3.26. The standard InChI is InChI=1S/C9H10BrN3O/c1-5(2)13-7-4-11-8(10)3-6(7)12-9(13)14/h3-5H,1-2H3,(H,12,14).